The van der Waals surface area contributed by atoms with Crippen molar-refractivity contribution in [3.05, 3.63) is 52.2 Å². The lowest BCUT2D eigenvalue weighted by Crippen LogP contribution is -2.13. The number of Topliss-reactive ketones (excluding diaryl/α,β-unsaturated/α-hetero) is 1. The minimum Gasteiger partial charge on any atom is -0.366 e. The summed E-state index contributed by atoms with van der Waals surface area (Å²) < 4.78 is 62.5. The van der Waals surface area contributed by atoms with Crippen LogP contribution in [-0.2, 0) is 22.7 Å². The number of ketones is 1. The minimum absolute atomic E-state index is 0.0590. The number of hydrogen-bond donors (Lipinski definition) is 3. The first-order chi connectivity index (χ1) is 14.8. The number of nitrogens with two attached hydrogens (primary N) is 1. The molecule has 2 aromatic heterocycles. The Labute approximate surface area is 185 Å². The molecule has 0 aliphatic carbocycles. The van der Waals surface area contributed by atoms with E-state index < -0.39 is 21.9 Å². The molecule has 0 amide bonds. The lowest BCUT2D eigenvalue weighted by Gasteiger charge is -2.12. The molecule has 3 rings (SSSR count). The van der Waals surface area contributed by atoms with Gasteiger partial charge in [0.2, 0.25) is 16.0 Å². The van der Waals surface area contributed by atoms with Crippen molar-refractivity contribution in [3.8, 4) is 0 Å². The molecule has 0 unspecified atom stereocenters. The summed E-state index contributed by atoms with van der Waals surface area (Å²) in [5.41, 5.74) is -0.152. The molecule has 0 bridgehead atoms. The Hall–Kier alpha value is -3.10. The number of sulfonamides is 1. The number of rotatable bonds is 7. The van der Waals surface area contributed by atoms with Gasteiger partial charge in [0.1, 0.15) is 5.82 Å². The van der Waals surface area contributed by atoms with E-state index in [4.69, 9.17) is 5.14 Å². The van der Waals surface area contributed by atoms with Crippen LogP contribution in [0, 0.1) is 6.92 Å². The second-order valence-electron chi connectivity index (χ2n) is 6.62. The van der Waals surface area contributed by atoms with E-state index in [1.165, 1.54) is 31.2 Å². The van der Waals surface area contributed by atoms with E-state index in [1.54, 1.807) is 6.92 Å². The number of aryl methyl sites for hydroxylation is 1. The maximum absolute atomic E-state index is 13.3. The number of carbonyl (C=O) groups excluding carboxylic acids is 1. The van der Waals surface area contributed by atoms with Crippen molar-refractivity contribution in [2.75, 3.05) is 10.6 Å². The van der Waals surface area contributed by atoms with Gasteiger partial charge in [0, 0.05) is 19.5 Å². The second kappa shape index (κ2) is 8.80. The molecule has 3 aromatic rings. The fourth-order valence-electron chi connectivity index (χ4n) is 2.60. The van der Waals surface area contributed by atoms with Crippen LogP contribution < -0.4 is 15.8 Å². The maximum atomic E-state index is 13.3. The van der Waals surface area contributed by atoms with E-state index in [9.17, 15) is 26.4 Å². The van der Waals surface area contributed by atoms with E-state index in [2.05, 4.69) is 25.6 Å². The fraction of sp³-hybridized carbons (Fsp3) is 0.222. The number of primary sulfonamides is 1. The van der Waals surface area contributed by atoms with Gasteiger partial charge < -0.3 is 5.32 Å². The highest BCUT2D eigenvalue weighted by molar-refractivity contribution is 7.89. The topological polar surface area (TPSA) is 140 Å². The van der Waals surface area contributed by atoms with Crippen molar-refractivity contribution < 1.29 is 26.4 Å². The average Bonchev–Trinajstić information content (AvgIpc) is 3.05. The number of alkyl halides is 3. The van der Waals surface area contributed by atoms with Gasteiger partial charge in [0.15, 0.2) is 16.6 Å². The van der Waals surface area contributed by atoms with Crippen LogP contribution in [0.15, 0.2) is 35.2 Å². The Morgan fingerprint density at radius 3 is 2.34 bits per heavy atom. The first kappa shape index (κ1) is 23.6. The molecule has 9 nitrogen and oxygen atoms in total. The van der Waals surface area contributed by atoms with Crippen LogP contribution in [0.25, 0.3) is 0 Å². The highest BCUT2D eigenvalue weighted by Crippen LogP contribution is 2.31. The van der Waals surface area contributed by atoms with Gasteiger partial charge >= 0.3 is 6.18 Å². The van der Waals surface area contributed by atoms with Gasteiger partial charge in [0.05, 0.1) is 15.5 Å². The van der Waals surface area contributed by atoms with Crippen molar-refractivity contribution in [3.63, 3.8) is 0 Å². The summed E-state index contributed by atoms with van der Waals surface area (Å²) in [4.78, 5) is 23.5. The van der Waals surface area contributed by atoms with Gasteiger partial charge in [-0.15, -0.1) is 0 Å². The summed E-state index contributed by atoms with van der Waals surface area (Å²) in [5.74, 6) is -0.685. The summed E-state index contributed by atoms with van der Waals surface area (Å²) in [7, 11) is -3.85. The van der Waals surface area contributed by atoms with Gasteiger partial charge in [-0.2, -0.15) is 18.2 Å². The normalized spacial score (nSPS) is 11.9. The number of aromatic nitrogens is 3. The first-order valence-corrected chi connectivity index (χ1v) is 11.3. The predicted molar refractivity (Wildman–Crippen MR) is 112 cm³/mol. The van der Waals surface area contributed by atoms with Crippen LogP contribution in [0.4, 0.5) is 30.1 Å². The summed E-state index contributed by atoms with van der Waals surface area (Å²) in [5, 5.41) is 10.6. The molecule has 170 valence electrons. The van der Waals surface area contributed by atoms with E-state index in [0.29, 0.717) is 16.1 Å². The van der Waals surface area contributed by atoms with Gasteiger partial charge in [-0.05, 0) is 24.6 Å². The number of anilines is 3. The van der Waals surface area contributed by atoms with Crippen LogP contribution in [0.1, 0.15) is 33.5 Å². The van der Waals surface area contributed by atoms with Crippen LogP contribution in [0.2, 0.25) is 0 Å². The number of hydrogen-bond acceptors (Lipinski definition) is 9. The van der Waals surface area contributed by atoms with E-state index in [1.807, 2.05) is 0 Å². The van der Waals surface area contributed by atoms with Crippen LogP contribution in [0.5, 0.6) is 0 Å². The molecule has 32 heavy (non-hydrogen) atoms. The van der Waals surface area contributed by atoms with Gasteiger partial charge in [-0.3, -0.25) is 10.1 Å². The van der Waals surface area contributed by atoms with Crippen molar-refractivity contribution in [1.29, 1.82) is 0 Å². The quantitative estimate of drug-likeness (QED) is 0.431. The Kier molecular flexibility index (Phi) is 6.48. The maximum Gasteiger partial charge on any atom is 0.433 e. The van der Waals surface area contributed by atoms with E-state index in [-0.39, 0.29) is 34.1 Å². The molecular formula is C18H17F3N6O3S2. The van der Waals surface area contributed by atoms with Crippen molar-refractivity contribution in [2.45, 2.75) is 31.5 Å². The number of nitrogens with one attached hydrogen (secondary N) is 2. The zero-order valence-electron chi connectivity index (χ0n) is 16.7. The molecule has 0 fully saturated rings. The van der Waals surface area contributed by atoms with Crippen molar-refractivity contribution in [2.24, 2.45) is 5.14 Å². The Morgan fingerprint density at radius 2 is 1.81 bits per heavy atom. The molecular weight excluding hydrogens is 469 g/mol. The molecule has 0 saturated heterocycles. The van der Waals surface area contributed by atoms with Gasteiger partial charge in [0.25, 0.3) is 0 Å². The molecule has 4 N–H and O–H groups in total. The number of thiazole rings is 1. The monoisotopic (exact) mass is 486 g/mol. The highest BCUT2D eigenvalue weighted by atomic mass is 32.2. The standard InChI is InChI=1S/C18H17F3N6O3S2/c1-9-15(10(2)28)31-17(24-9)27-16-25-13(18(19,20)21)7-14(26-16)23-8-11-3-5-12(6-4-11)32(22,29)30/h3-7H,8H2,1-2H3,(H2,22,29,30)(H2,23,24,25,26,27). The minimum atomic E-state index is -4.73. The summed E-state index contributed by atoms with van der Waals surface area (Å²) in [6.07, 6.45) is -4.73. The van der Waals surface area contributed by atoms with Crippen LogP contribution >= 0.6 is 11.3 Å². The summed E-state index contributed by atoms with van der Waals surface area (Å²) in [6.45, 7) is 3.03. The lowest BCUT2D eigenvalue weighted by atomic mass is 10.2. The number of benzene rings is 1. The van der Waals surface area contributed by atoms with Crippen molar-refractivity contribution in [1.82, 2.24) is 15.0 Å². The zero-order chi connectivity index (χ0) is 23.7. The van der Waals surface area contributed by atoms with Crippen LogP contribution in [-0.4, -0.2) is 29.2 Å². The molecule has 2 heterocycles. The summed E-state index contributed by atoms with van der Waals surface area (Å²) >= 11 is 0.982. The van der Waals surface area contributed by atoms with Crippen LogP contribution in [0.3, 0.4) is 0 Å². The van der Waals surface area contributed by atoms with Crippen molar-refractivity contribution >= 4 is 44.0 Å². The average molecular weight is 487 g/mol. The Bertz CT molecular complexity index is 1260. The van der Waals surface area contributed by atoms with E-state index in [0.717, 1.165) is 17.4 Å². The SMILES string of the molecule is CC(=O)c1sc(Nc2nc(NCc3ccc(S(N)(=O)=O)cc3)cc(C(F)(F)F)n2)nc1C. The zero-order valence-corrected chi connectivity index (χ0v) is 18.3. The number of nitrogens with zero attached hydrogens (tertiary/aromatic N) is 3. The Morgan fingerprint density at radius 1 is 1.16 bits per heavy atom. The summed E-state index contributed by atoms with van der Waals surface area (Å²) in [6, 6.07) is 6.27. The van der Waals surface area contributed by atoms with Gasteiger partial charge in [-0.1, -0.05) is 23.5 Å². The third kappa shape index (κ3) is 5.77. The third-order valence-corrected chi connectivity index (χ3v) is 6.18. The molecule has 0 aliphatic heterocycles. The predicted octanol–water partition coefficient (Wildman–Crippen LogP) is 3.47. The molecule has 14 heteroatoms. The highest BCUT2D eigenvalue weighted by Gasteiger charge is 2.34. The Balaban J connectivity index is 1.84. The fourth-order valence-corrected chi connectivity index (χ4v) is 3.97. The molecule has 0 radical (unpaired) electrons. The lowest BCUT2D eigenvalue weighted by molar-refractivity contribution is -0.141. The third-order valence-electron chi connectivity index (χ3n) is 4.08. The molecule has 1 aromatic carbocycles. The number of carbonyl (C=O) groups is 1. The van der Waals surface area contributed by atoms with Gasteiger partial charge in [-0.25, -0.2) is 23.5 Å². The first-order valence-electron chi connectivity index (χ1n) is 8.90. The largest absolute Gasteiger partial charge is 0.433 e. The molecule has 0 aliphatic rings. The molecule has 0 atom stereocenters. The number of halogens is 3. The van der Waals surface area contributed by atoms with E-state index >= 15 is 0 Å². The second-order valence-corrected chi connectivity index (χ2v) is 9.18. The smallest absolute Gasteiger partial charge is 0.366 e. The molecule has 0 spiro atoms. The molecule has 0 saturated carbocycles.